The molecule has 0 rings (SSSR count). The Morgan fingerprint density at radius 1 is 0.531 bits per heavy atom. The van der Waals surface area contributed by atoms with Crippen molar-refractivity contribution in [2.24, 2.45) is 5.41 Å². The molecule has 0 N–H and O–H groups in total. The van der Waals surface area contributed by atoms with Crippen LogP contribution in [0.4, 0.5) is 0 Å². The molecule has 0 spiro atoms. The van der Waals surface area contributed by atoms with E-state index in [-0.39, 0.29) is 0 Å². The molecule has 32 heavy (non-hydrogen) atoms. The average Bonchev–Trinajstić information content (AvgIpc) is 2.83. The van der Waals surface area contributed by atoms with Crippen LogP contribution in [0, 0.1) is 5.41 Å². The van der Waals surface area contributed by atoms with Crippen LogP contribution >= 0.6 is 0 Å². The van der Waals surface area contributed by atoms with Crippen molar-refractivity contribution in [3.8, 4) is 0 Å². The van der Waals surface area contributed by atoms with Crippen molar-refractivity contribution < 1.29 is 4.43 Å². The van der Waals surface area contributed by atoms with E-state index in [0.717, 1.165) is 6.61 Å². The molecule has 0 aliphatic heterocycles. The molecule has 0 aromatic carbocycles. The largest absolute Gasteiger partial charge is 0.417 e. The average molecular weight is 472 g/mol. The summed E-state index contributed by atoms with van der Waals surface area (Å²) < 4.78 is 6.53. The Labute approximate surface area is 204 Å². The second-order valence-corrected chi connectivity index (χ2v) is 14.2. The molecule has 0 aromatic rings. The van der Waals surface area contributed by atoms with Gasteiger partial charge < -0.3 is 19.1 Å². The summed E-state index contributed by atoms with van der Waals surface area (Å²) in [6.07, 6.45) is 5.36. The first-order valence-electron chi connectivity index (χ1n) is 14.2. The van der Waals surface area contributed by atoms with Gasteiger partial charge in [-0.25, -0.2) is 0 Å². The van der Waals surface area contributed by atoms with Gasteiger partial charge >= 0.3 is 0 Å². The summed E-state index contributed by atoms with van der Waals surface area (Å²) in [5.74, 6) is 0. The highest BCUT2D eigenvalue weighted by atomic mass is 28.4. The molecule has 194 valence electrons. The fourth-order valence-electron chi connectivity index (χ4n) is 5.23. The van der Waals surface area contributed by atoms with Gasteiger partial charge in [-0.05, 0) is 115 Å². The minimum absolute atomic E-state index is 0.424. The van der Waals surface area contributed by atoms with Crippen molar-refractivity contribution in [3.63, 3.8) is 0 Å². The maximum atomic E-state index is 6.53. The van der Waals surface area contributed by atoms with Gasteiger partial charge in [0.05, 0.1) is 0 Å². The van der Waals surface area contributed by atoms with Crippen LogP contribution in [-0.4, -0.2) is 88.5 Å². The molecule has 0 aliphatic carbocycles. The van der Waals surface area contributed by atoms with Crippen LogP contribution in [0.1, 0.15) is 88.0 Å². The summed E-state index contributed by atoms with van der Waals surface area (Å²) >= 11 is 0. The predicted octanol–water partition coefficient (Wildman–Crippen LogP) is 6.58. The van der Waals surface area contributed by atoms with Crippen LogP contribution in [0.5, 0.6) is 0 Å². The molecule has 0 saturated heterocycles. The maximum Gasteiger partial charge on any atom is 0.192 e. The van der Waals surface area contributed by atoms with E-state index in [1.165, 1.54) is 103 Å². The zero-order valence-electron chi connectivity index (χ0n) is 23.8. The van der Waals surface area contributed by atoms with Crippen LogP contribution in [0.2, 0.25) is 18.1 Å². The van der Waals surface area contributed by atoms with Gasteiger partial charge in [-0.1, -0.05) is 55.4 Å². The molecule has 0 atom stereocenters. The van der Waals surface area contributed by atoms with Crippen molar-refractivity contribution in [1.82, 2.24) is 14.7 Å². The van der Waals surface area contributed by atoms with Crippen molar-refractivity contribution in [3.05, 3.63) is 0 Å². The normalized spacial score (nSPS) is 13.1. The molecule has 0 aliphatic rings. The van der Waals surface area contributed by atoms with Crippen molar-refractivity contribution in [2.45, 2.75) is 106 Å². The second kappa shape index (κ2) is 18.4. The van der Waals surface area contributed by atoms with Crippen LogP contribution < -0.4 is 0 Å². The summed E-state index contributed by atoms with van der Waals surface area (Å²) in [5.41, 5.74) is 0.424. The van der Waals surface area contributed by atoms with E-state index in [0.29, 0.717) is 5.41 Å². The van der Waals surface area contributed by atoms with Gasteiger partial charge in [-0.15, -0.1) is 0 Å². The van der Waals surface area contributed by atoms with Gasteiger partial charge in [0.25, 0.3) is 0 Å². The first-order valence-corrected chi connectivity index (χ1v) is 16.7. The number of hydrogen-bond acceptors (Lipinski definition) is 4. The molecular weight excluding hydrogens is 410 g/mol. The smallest absolute Gasteiger partial charge is 0.192 e. The molecule has 5 heteroatoms. The van der Waals surface area contributed by atoms with E-state index in [2.05, 4.69) is 77.0 Å². The number of rotatable bonds is 22. The summed E-state index contributed by atoms with van der Waals surface area (Å²) in [5, 5.41) is 0. The first-order chi connectivity index (χ1) is 15.4. The Morgan fingerprint density at radius 3 is 1.12 bits per heavy atom. The zero-order valence-corrected chi connectivity index (χ0v) is 24.8. The molecule has 0 unspecified atom stereocenters. The fraction of sp³-hybridized carbons (Fsp3) is 1.00. The molecular formula is C27H61N3OSi. The van der Waals surface area contributed by atoms with E-state index in [9.17, 15) is 0 Å². The number of nitrogens with zero attached hydrogens (tertiary/aromatic N) is 3. The molecule has 0 bridgehead atoms. The minimum atomic E-state index is -1.61. The Bertz CT molecular complexity index is 378. The summed E-state index contributed by atoms with van der Waals surface area (Å²) in [7, 11) is -1.61. The third-order valence-electron chi connectivity index (χ3n) is 8.41. The van der Waals surface area contributed by atoms with Gasteiger partial charge in [0.1, 0.15) is 0 Å². The van der Waals surface area contributed by atoms with E-state index >= 15 is 0 Å². The molecule has 0 heterocycles. The van der Waals surface area contributed by atoms with E-state index < -0.39 is 8.32 Å². The van der Waals surface area contributed by atoms with Gasteiger partial charge in [0.15, 0.2) is 8.32 Å². The van der Waals surface area contributed by atoms with E-state index in [1.54, 1.807) is 0 Å². The molecule has 0 radical (unpaired) electrons. The molecule has 0 amide bonds. The lowest BCUT2D eigenvalue weighted by molar-refractivity contribution is 0.122. The Morgan fingerprint density at radius 2 is 0.875 bits per heavy atom. The maximum absolute atomic E-state index is 6.53. The third kappa shape index (κ3) is 11.5. The highest BCUT2D eigenvalue weighted by Crippen LogP contribution is 2.40. The van der Waals surface area contributed by atoms with Crippen LogP contribution in [0.3, 0.4) is 0 Å². The van der Waals surface area contributed by atoms with Gasteiger partial charge in [-0.2, -0.15) is 0 Å². The van der Waals surface area contributed by atoms with Gasteiger partial charge in [-0.3, -0.25) is 0 Å². The fourth-order valence-corrected chi connectivity index (χ4v) is 8.59. The lowest BCUT2D eigenvalue weighted by Crippen LogP contribution is -2.41. The minimum Gasteiger partial charge on any atom is -0.417 e. The predicted molar refractivity (Wildman–Crippen MR) is 147 cm³/mol. The Hall–Kier alpha value is 0.0569. The Kier molecular flexibility index (Phi) is 18.4. The third-order valence-corrected chi connectivity index (χ3v) is 13.0. The number of hydrogen-bond donors (Lipinski definition) is 0. The van der Waals surface area contributed by atoms with Crippen molar-refractivity contribution in [2.75, 3.05) is 65.5 Å². The lowest BCUT2D eigenvalue weighted by atomic mass is 9.75. The second-order valence-electron chi connectivity index (χ2n) is 9.65. The topological polar surface area (TPSA) is 19.0 Å². The van der Waals surface area contributed by atoms with Crippen LogP contribution in [0.15, 0.2) is 0 Å². The quantitative estimate of drug-likeness (QED) is 0.166. The van der Waals surface area contributed by atoms with E-state index in [1.807, 2.05) is 0 Å². The standard InChI is InChI=1S/C27H61N3OSi/c1-10-28(11-2)23-19-27(20-24-29(12-3)13-4,21-25-30(14-5)15-6)22-26-32(17-8,18-9)31-16-7/h10-26H2,1-9H3. The Balaban J connectivity index is 5.81. The summed E-state index contributed by atoms with van der Waals surface area (Å²) in [6, 6.07) is 3.85. The summed E-state index contributed by atoms with van der Waals surface area (Å²) in [4.78, 5) is 7.91. The van der Waals surface area contributed by atoms with Crippen molar-refractivity contribution in [1.29, 1.82) is 0 Å². The summed E-state index contributed by atoms with van der Waals surface area (Å²) in [6.45, 7) is 32.5. The molecule has 0 fully saturated rings. The van der Waals surface area contributed by atoms with Gasteiger partial charge in [0.2, 0.25) is 0 Å². The zero-order chi connectivity index (χ0) is 24.5. The van der Waals surface area contributed by atoms with Crippen LogP contribution in [-0.2, 0) is 4.43 Å². The van der Waals surface area contributed by atoms with Crippen molar-refractivity contribution >= 4 is 8.32 Å². The molecule has 0 saturated carbocycles. The van der Waals surface area contributed by atoms with Gasteiger partial charge in [0, 0.05) is 6.61 Å². The monoisotopic (exact) mass is 471 g/mol. The lowest BCUT2D eigenvalue weighted by Gasteiger charge is -2.41. The highest BCUT2D eigenvalue weighted by Gasteiger charge is 2.37. The van der Waals surface area contributed by atoms with Crippen LogP contribution in [0.25, 0.3) is 0 Å². The molecule has 4 nitrogen and oxygen atoms in total. The first kappa shape index (κ1) is 32.1. The van der Waals surface area contributed by atoms with E-state index in [4.69, 9.17) is 4.43 Å². The SMILES string of the molecule is CCO[Si](CC)(CC)CCC(CCN(CC)CC)(CCN(CC)CC)CCN(CC)CC. The molecule has 0 aromatic heterocycles. The highest BCUT2D eigenvalue weighted by molar-refractivity contribution is 6.73.